The van der Waals surface area contributed by atoms with E-state index in [1.165, 1.54) is 0 Å². The van der Waals surface area contributed by atoms with E-state index in [0.29, 0.717) is 6.42 Å². The van der Waals surface area contributed by atoms with Gasteiger partial charge in [-0.1, -0.05) is 121 Å². The van der Waals surface area contributed by atoms with E-state index in [4.69, 9.17) is 56.5 Å². The fourth-order valence-corrected chi connectivity index (χ4v) is 9.40. The minimum absolute atomic E-state index is 0.163. The van der Waals surface area contributed by atoms with E-state index in [9.17, 15) is 0 Å². The summed E-state index contributed by atoms with van der Waals surface area (Å²) < 4.78 is 0. The number of fused-ring (bicyclic) bond motifs is 2. The molecule has 0 saturated heterocycles. The Morgan fingerprint density at radius 3 is 1.03 bits per heavy atom. The van der Waals surface area contributed by atoms with Crippen molar-refractivity contribution in [3.63, 3.8) is 0 Å². The van der Waals surface area contributed by atoms with Gasteiger partial charge in [0.25, 0.3) is 0 Å². The summed E-state index contributed by atoms with van der Waals surface area (Å²) in [6.45, 7) is 0. The topological polar surface area (TPSA) is 52.0 Å². The number of terminal acetylenes is 4. The molecule has 7 heteroatoms. The van der Waals surface area contributed by atoms with Gasteiger partial charge < -0.3 is 11.5 Å². The Balaban J connectivity index is 0.000000414. The van der Waals surface area contributed by atoms with Crippen LogP contribution in [0, 0.1) is 143 Å². The van der Waals surface area contributed by atoms with Crippen LogP contribution in [0.25, 0.3) is 21.5 Å². The molecule has 4 N–H and O–H groups in total. The summed E-state index contributed by atoms with van der Waals surface area (Å²) in [6, 6.07) is 44.5. The Hall–Kier alpha value is -7.46. The average molecular weight is 1010 g/mol. The van der Waals surface area contributed by atoms with Crippen LogP contribution in [0.2, 0.25) is 0 Å². The third kappa shape index (κ3) is 16.0. The summed E-state index contributed by atoms with van der Waals surface area (Å²) in [5.41, 5.74) is 29.7. The first-order valence-corrected chi connectivity index (χ1v) is 27.0. The van der Waals surface area contributed by atoms with Crippen LogP contribution in [-0.2, 0) is 21.6 Å². The molecule has 0 heterocycles. The van der Waals surface area contributed by atoms with Crippen molar-refractivity contribution in [1.29, 1.82) is 0 Å². The number of halogens is 2. The van der Waals surface area contributed by atoms with Crippen LogP contribution in [0.1, 0.15) is 34.3 Å². The molecule has 0 aliphatic heterocycles. The predicted octanol–water partition coefficient (Wildman–Crippen LogP) is 9.42. The first kappa shape index (κ1) is 51.2. The molecule has 0 fully saturated rings. The zero-order chi connectivity index (χ0) is 47.2. The van der Waals surface area contributed by atoms with Crippen LogP contribution in [0.3, 0.4) is 0 Å². The van der Waals surface area contributed by atoms with Crippen LogP contribution in [-0.4, -0.2) is 0 Å². The van der Waals surface area contributed by atoms with Crippen molar-refractivity contribution in [3.05, 3.63) is 156 Å². The third-order valence-corrected chi connectivity index (χ3v) is 12.8. The van der Waals surface area contributed by atoms with Crippen LogP contribution in [0.5, 0.6) is 0 Å². The molecule has 2 atom stereocenters. The van der Waals surface area contributed by atoms with Gasteiger partial charge in [0, 0.05) is 77.0 Å². The van der Waals surface area contributed by atoms with Crippen molar-refractivity contribution in [2.45, 2.75) is 18.5 Å². The average Bonchev–Trinajstić information content (AvgIpc) is 3.36. The van der Waals surface area contributed by atoms with Gasteiger partial charge in [-0.15, -0.1) is 25.7 Å². The fourth-order valence-electron chi connectivity index (χ4n) is 6.44. The van der Waals surface area contributed by atoms with Crippen molar-refractivity contribution < 1.29 is 15.1 Å². The van der Waals surface area contributed by atoms with Crippen molar-refractivity contribution in [1.82, 2.24) is 0 Å². The molecule has 6 aromatic rings. The Labute approximate surface area is 408 Å². The summed E-state index contributed by atoms with van der Waals surface area (Å²) in [5.74, 6) is 41.9. The number of hydrogen-bond donors (Lipinski definition) is 2. The summed E-state index contributed by atoms with van der Waals surface area (Å²) >= 11 is -0.346. The van der Waals surface area contributed by atoms with Crippen LogP contribution < -0.4 is 22.1 Å². The van der Waals surface area contributed by atoms with Crippen molar-refractivity contribution >= 4 is 67.4 Å². The Kier molecular flexibility index (Phi) is 23.1. The van der Waals surface area contributed by atoms with E-state index in [1.807, 2.05) is 84.9 Å². The first-order chi connectivity index (χ1) is 32.4. The van der Waals surface area contributed by atoms with Gasteiger partial charge in [-0.05, 0) is 92.2 Å². The summed E-state index contributed by atoms with van der Waals surface area (Å²) in [6.07, 6.45) is 21.8. The second kappa shape index (κ2) is 29.8. The quantitative estimate of drug-likeness (QED) is 0.0953. The molecule has 0 aliphatic carbocycles. The minimum atomic E-state index is -1.83. The zero-order valence-corrected chi connectivity index (χ0v) is 40.4. The van der Waals surface area contributed by atoms with Crippen LogP contribution in [0.4, 0.5) is 0 Å². The van der Waals surface area contributed by atoms with Gasteiger partial charge in [-0.3, -0.25) is 0 Å². The molecular weight excluding hydrogens is 971 g/mol. The van der Waals surface area contributed by atoms with Crippen molar-refractivity contribution in [2.24, 2.45) is 11.5 Å². The second-order valence-corrected chi connectivity index (χ2v) is 19.3. The van der Waals surface area contributed by atoms with Crippen molar-refractivity contribution in [2.75, 3.05) is 0 Å². The molecule has 2 nitrogen and oxygen atoms in total. The number of rotatable bonds is 7. The maximum atomic E-state index is 6.15. The Bertz CT molecular complexity index is 3060. The first-order valence-electron chi connectivity index (χ1n) is 19.5. The molecule has 0 aliphatic rings. The SMILES string of the molecule is C#CC#CC#C[PH+](C#CC#CC#C)c1ccc2ccccc2c1Cc1c([PH+](C#CC#CC#C)C#CC#CC#C)ccc2ccccc12.NC(c1ccccc1)C(N)c1ccccc1.[Cl][Ru+2][Cl]. The Morgan fingerprint density at radius 1 is 0.409 bits per heavy atom. The fraction of sp³-hybridized carbons (Fsp3) is 0.0508. The molecule has 0 bridgehead atoms. The van der Waals surface area contributed by atoms with Gasteiger partial charge >= 0.3 is 34.5 Å². The summed E-state index contributed by atoms with van der Waals surface area (Å²) in [4.78, 5) is 0. The number of nitrogens with two attached hydrogens (primary N) is 2. The molecule has 6 aromatic carbocycles. The number of benzene rings is 6. The molecular formula is C59H36Cl2N2P2Ru+4. The molecule has 310 valence electrons. The van der Waals surface area contributed by atoms with Gasteiger partial charge in [-0.25, -0.2) is 0 Å². The predicted molar refractivity (Wildman–Crippen MR) is 283 cm³/mol. The second-order valence-electron chi connectivity index (χ2n) is 13.1. The number of hydrogen-bond acceptors (Lipinski definition) is 2. The molecule has 66 heavy (non-hydrogen) atoms. The van der Waals surface area contributed by atoms with E-state index in [2.05, 4.69) is 166 Å². The standard InChI is InChI=1S/C45H18P2.C14H16N2.2ClH.Ru/c1-5-9-13-21-33-46(34-22-14-10-6-2)44-31-29-38-25-17-19-27-40(38)42(44)37-43-41-28-20-18-26-39(41)30-32-45(43)47(35-23-15-11-7-3)36-24-16-12-8-4;15-13(11-7-3-1-4-8-11)14(16)12-9-5-2-6-10-12;;;/h1-4,17-20,25-32H,37H2;1-10,13-14H,15-16H2;2*1H;/q;;;;+4. The zero-order valence-electron chi connectivity index (χ0n) is 35.1. The van der Waals surface area contributed by atoms with E-state index < -0.39 is 15.8 Å². The van der Waals surface area contributed by atoms with E-state index in [1.54, 1.807) is 0 Å². The van der Waals surface area contributed by atoms with E-state index in [0.717, 1.165) is 54.4 Å². The van der Waals surface area contributed by atoms with E-state index in [-0.39, 0.29) is 27.2 Å². The molecule has 0 saturated carbocycles. The molecule has 0 amide bonds. The van der Waals surface area contributed by atoms with Gasteiger partial charge in [0.05, 0.1) is 0 Å². The Morgan fingerprint density at radius 2 is 0.712 bits per heavy atom. The van der Waals surface area contributed by atoms with Gasteiger partial charge in [-0.2, -0.15) is 0 Å². The third-order valence-electron chi connectivity index (χ3n) is 9.27. The summed E-state index contributed by atoms with van der Waals surface area (Å²) in [5, 5.41) is 6.39. The van der Waals surface area contributed by atoms with Gasteiger partial charge in [0.15, 0.2) is 15.8 Å². The van der Waals surface area contributed by atoms with Crippen LogP contribution >= 0.6 is 35.2 Å². The van der Waals surface area contributed by atoms with Gasteiger partial charge in [0.2, 0.25) is 0 Å². The molecule has 2 unspecified atom stereocenters. The molecule has 0 aromatic heterocycles. The maximum absolute atomic E-state index is 6.15. The normalized spacial score (nSPS) is 9.67. The van der Waals surface area contributed by atoms with Gasteiger partial charge in [0.1, 0.15) is 33.3 Å². The van der Waals surface area contributed by atoms with Crippen molar-refractivity contribution in [3.8, 4) is 143 Å². The monoisotopic (exact) mass is 1010 g/mol. The molecule has 6 rings (SSSR count). The van der Waals surface area contributed by atoms with E-state index >= 15 is 0 Å². The molecule has 0 spiro atoms. The van der Waals surface area contributed by atoms with Crippen LogP contribution in [0.15, 0.2) is 133 Å². The summed E-state index contributed by atoms with van der Waals surface area (Å²) in [7, 11) is 6.04. The molecule has 0 radical (unpaired) electrons.